The first-order chi connectivity index (χ1) is 8.51. The van der Waals surface area contributed by atoms with E-state index in [1.165, 1.54) is 0 Å². The third-order valence-corrected chi connectivity index (χ3v) is 3.81. The molecule has 1 aliphatic rings. The van der Waals surface area contributed by atoms with Gasteiger partial charge in [0, 0.05) is 6.54 Å². The molecule has 2 unspecified atom stereocenters. The van der Waals surface area contributed by atoms with Gasteiger partial charge in [-0.3, -0.25) is 10.1 Å². The smallest absolute Gasteiger partial charge is 0.240 e. The minimum absolute atomic E-state index is 0.0224. The summed E-state index contributed by atoms with van der Waals surface area (Å²) in [6, 6.07) is -0.0224. The number of rotatable bonds is 7. The van der Waals surface area contributed by atoms with Crippen LogP contribution in [-0.2, 0) is 4.79 Å². The molecule has 4 nitrogen and oxygen atoms in total. The van der Waals surface area contributed by atoms with E-state index in [9.17, 15) is 4.79 Å². The van der Waals surface area contributed by atoms with Gasteiger partial charge in [-0.1, -0.05) is 27.7 Å². The highest BCUT2D eigenvalue weighted by molar-refractivity contribution is 5.83. The van der Waals surface area contributed by atoms with Crippen molar-refractivity contribution in [2.75, 3.05) is 26.2 Å². The fourth-order valence-electron chi connectivity index (χ4n) is 2.61. The zero-order valence-corrected chi connectivity index (χ0v) is 12.6. The first kappa shape index (κ1) is 15.4. The number of carbonyl (C=O) groups is 1. The molecule has 2 atom stereocenters. The van der Waals surface area contributed by atoms with E-state index in [1.807, 2.05) is 11.8 Å². The summed E-state index contributed by atoms with van der Waals surface area (Å²) in [6.45, 7) is 14.8. The molecule has 0 aliphatic carbocycles. The van der Waals surface area contributed by atoms with E-state index in [0.29, 0.717) is 5.92 Å². The molecule has 0 radical (unpaired) electrons. The van der Waals surface area contributed by atoms with Crippen LogP contribution in [0.3, 0.4) is 0 Å². The number of nitrogens with zero attached hydrogens (tertiary/aromatic N) is 2. The van der Waals surface area contributed by atoms with Gasteiger partial charge in [-0.25, -0.2) is 0 Å². The van der Waals surface area contributed by atoms with Crippen LogP contribution in [0.2, 0.25) is 0 Å². The second-order valence-electron chi connectivity index (χ2n) is 5.49. The maximum Gasteiger partial charge on any atom is 0.240 e. The van der Waals surface area contributed by atoms with Gasteiger partial charge >= 0.3 is 0 Å². The van der Waals surface area contributed by atoms with Crippen molar-refractivity contribution in [2.24, 2.45) is 5.92 Å². The predicted molar refractivity (Wildman–Crippen MR) is 75.3 cm³/mol. The lowest BCUT2D eigenvalue weighted by Crippen LogP contribution is -2.42. The van der Waals surface area contributed by atoms with Crippen LogP contribution in [0.5, 0.6) is 0 Å². The van der Waals surface area contributed by atoms with E-state index in [4.69, 9.17) is 0 Å². The lowest BCUT2D eigenvalue weighted by atomic mass is 10.1. The highest BCUT2D eigenvalue weighted by atomic mass is 16.2. The van der Waals surface area contributed by atoms with Gasteiger partial charge in [0.05, 0.1) is 12.2 Å². The molecule has 1 aliphatic heterocycles. The molecule has 0 saturated carbocycles. The van der Waals surface area contributed by atoms with E-state index in [2.05, 4.69) is 37.9 Å². The molecule has 1 fully saturated rings. The number of hydrogen-bond donors (Lipinski definition) is 1. The van der Waals surface area contributed by atoms with Crippen LogP contribution in [0, 0.1) is 5.92 Å². The minimum Gasteiger partial charge on any atom is -0.325 e. The molecular formula is C14H29N3O. The molecule has 0 aromatic carbocycles. The molecule has 0 bridgehead atoms. The molecule has 4 heteroatoms. The number of hydrogen-bond acceptors (Lipinski definition) is 3. The fourth-order valence-corrected chi connectivity index (χ4v) is 2.61. The molecule has 1 rings (SSSR count). The SMILES string of the molecule is CCN(CC)CCCN1C(=O)C(C)NC1C(C)C. The minimum atomic E-state index is -0.0224. The normalized spacial score (nSPS) is 24.6. The second kappa shape index (κ2) is 7.10. The Hall–Kier alpha value is -0.610. The molecular weight excluding hydrogens is 226 g/mol. The Morgan fingerprint density at radius 3 is 2.44 bits per heavy atom. The van der Waals surface area contributed by atoms with Gasteiger partial charge in [-0.2, -0.15) is 0 Å². The summed E-state index contributed by atoms with van der Waals surface area (Å²) in [5, 5.41) is 3.38. The van der Waals surface area contributed by atoms with Gasteiger partial charge in [0.2, 0.25) is 5.91 Å². The van der Waals surface area contributed by atoms with E-state index in [0.717, 1.165) is 32.6 Å². The van der Waals surface area contributed by atoms with Gasteiger partial charge in [0.1, 0.15) is 0 Å². The largest absolute Gasteiger partial charge is 0.325 e. The second-order valence-corrected chi connectivity index (χ2v) is 5.49. The molecule has 0 spiro atoms. The topological polar surface area (TPSA) is 35.6 Å². The van der Waals surface area contributed by atoms with Crippen LogP contribution < -0.4 is 5.32 Å². The van der Waals surface area contributed by atoms with Gasteiger partial charge in [0.15, 0.2) is 0 Å². The van der Waals surface area contributed by atoms with E-state index in [1.54, 1.807) is 0 Å². The zero-order valence-electron chi connectivity index (χ0n) is 12.6. The number of amides is 1. The van der Waals surface area contributed by atoms with Crippen LogP contribution in [0.1, 0.15) is 41.0 Å². The Morgan fingerprint density at radius 2 is 1.94 bits per heavy atom. The Kier molecular flexibility index (Phi) is 6.09. The molecule has 18 heavy (non-hydrogen) atoms. The number of carbonyl (C=O) groups excluding carboxylic acids is 1. The van der Waals surface area contributed by atoms with Crippen molar-refractivity contribution >= 4 is 5.91 Å². The van der Waals surface area contributed by atoms with Crippen molar-refractivity contribution in [1.29, 1.82) is 0 Å². The van der Waals surface area contributed by atoms with Crippen molar-refractivity contribution in [3.63, 3.8) is 0 Å². The third-order valence-electron chi connectivity index (χ3n) is 3.81. The van der Waals surface area contributed by atoms with E-state index < -0.39 is 0 Å². The molecule has 1 heterocycles. The lowest BCUT2D eigenvalue weighted by molar-refractivity contribution is -0.130. The summed E-state index contributed by atoms with van der Waals surface area (Å²) < 4.78 is 0. The Balaban J connectivity index is 2.45. The summed E-state index contributed by atoms with van der Waals surface area (Å²) in [7, 11) is 0. The van der Waals surface area contributed by atoms with Gasteiger partial charge < -0.3 is 9.80 Å². The van der Waals surface area contributed by atoms with E-state index in [-0.39, 0.29) is 18.1 Å². The van der Waals surface area contributed by atoms with Gasteiger partial charge in [-0.05, 0) is 38.9 Å². The first-order valence-electron chi connectivity index (χ1n) is 7.30. The van der Waals surface area contributed by atoms with Gasteiger partial charge in [-0.15, -0.1) is 0 Å². The van der Waals surface area contributed by atoms with Crippen LogP contribution >= 0.6 is 0 Å². The molecule has 106 valence electrons. The average molecular weight is 255 g/mol. The summed E-state index contributed by atoms with van der Waals surface area (Å²) in [5.74, 6) is 0.723. The summed E-state index contributed by atoms with van der Waals surface area (Å²) in [5.41, 5.74) is 0. The van der Waals surface area contributed by atoms with Crippen molar-refractivity contribution in [3.05, 3.63) is 0 Å². The van der Waals surface area contributed by atoms with Crippen molar-refractivity contribution in [3.8, 4) is 0 Å². The molecule has 1 saturated heterocycles. The summed E-state index contributed by atoms with van der Waals surface area (Å²) in [6.07, 6.45) is 1.27. The van der Waals surface area contributed by atoms with Crippen LogP contribution in [-0.4, -0.2) is 54.1 Å². The van der Waals surface area contributed by atoms with Crippen molar-refractivity contribution < 1.29 is 4.79 Å². The molecule has 1 N–H and O–H groups in total. The van der Waals surface area contributed by atoms with Crippen LogP contribution in [0.15, 0.2) is 0 Å². The van der Waals surface area contributed by atoms with Gasteiger partial charge in [0.25, 0.3) is 0 Å². The molecule has 1 amide bonds. The van der Waals surface area contributed by atoms with Crippen LogP contribution in [0.25, 0.3) is 0 Å². The molecule has 0 aromatic heterocycles. The molecule has 0 aromatic rings. The van der Waals surface area contributed by atoms with Crippen LogP contribution in [0.4, 0.5) is 0 Å². The van der Waals surface area contributed by atoms with Crippen molar-refractivity contribution in [1.82, 2.24) is 15.1 Å². The zero-order chi connectivity index (χ0) is 13.7. The maximum absolute atomic E-state index is 12.1. The first-order valence-corrected chi connectivity index (χ1v) is 7.30. The predicted octanol–water partition coefficient (Wildman–Crippen LogP) is 1.52. The Labute approximate surface area is 112 Å². The van der Waals surface area contributed by atoms with E-state index >= 15 is 0 Å². The maximum atomic E-state index is 12.1. The van der Waals surface area contributed by atoms with Crippen molar-refractivity contribution in [2.45, 2.75) is 53.2 Å². The standard InChI is InChI=1S/C14H29N3O/c1-6-16(7-2)9-8-10-17-13(11(3)4)15-12(5)14(17)18/h11-13,15H,6-10H2,1-5H3. The summed E-state index contributed by atoms with van der Waals surface area (Å²) in [4.78, 5) is 16.5. The third kappa shape index (κ3) is 3.69. The highest BCUT2D eigenvalue weighted by Gasteiger charge is 2.37. The quantitative estimate of drug-likeness (QED) is 0.749. The summed E-state index contributed by atoms with van der Waals surface area (Å²) >= 11 is 0. The Bertz CT molecular complexity index is 264. The average Bonchev–Trinajstić information content (AvgIpc) is 2.62. The highest BCUT2D eigenvalue weighted by Crippen LogP contribution is 2.17. The fraction of sp³-hybridized carbons (Fsp3) is 0.929. The Morgan fingerprint density at radius 1 is 1.33 bits per heavy atom. The monoisotopic (exact) mass is 255 g/mol. The number of nitrogens with one attached hydrogen (secondary N) is 1. The lowest BCUT2D eigenvalue weighted by Gasteiger charge is -2.28.